The van der Waals surface area contributed by atoms with E-state index in [4.69, 9.17) is 11.6 Å². The van der Waals surface area contributed by atoms with Gasteiger partial charge in [0, 0.05) is 29.6 Å². The minimum atomic E-state index is -3.33. The van der Waals surface area contributed by atoms with E-state index >= 15 is 0 Å². The first-order chi connectivity index (χ1) is 13.1. The Hall–Kier alpha value is -2.73. The number of carboxylic acid groups (broad SMARTS) is 1. The molecule has 0 spiro atoms. The molecule has 3 aromatic rings. The van der Waals surface area contributed by atoms with E-state index in [-0.39, 0.29) is 34.0 Å². The summed E-state index contributed by atoms with van der Waals surface area (Å²) in [6.07, 6.45) is 0. The standard InChI is InChI=1S/C21H17ClF3NO2/c1-12-17(15-9-8-14(22)10-16(15)23)18(20(27)28)26(19(12)21(2,24)25)11-13-6-4-3-5-7-13/h3-10H,11H2,1-2H3,(H,27,28). The van der Waals surface area contributed by atoms with Crippen LogP contribution in [0, 0.1) is 12.7 Å². The summed E-state index contributed by atoms with van der Waals surface area (Å²) in [6.45, 7) is 1.99. The number of nitrogens with zero attached hydrogens (tertiary/aromatic N) is 1. The fraction of sp³-hybridized carbons (Fsp3) is 0.190. The summed E-state index contributed by atoms with van der Waals surface area (Å²) < 4.78 is 44.6. The Kier molecular flexibility index (Phi) is 5.26. The highest BCUT2D eigenvalue weighted by molar-refractivity contribution is 6.30. The molecule has 3 rings (SSSR count). The second kappa shape index (κ2) is 7.36. The van der Waals surface area contributed by atoms with Crippen LogP contribution in [0.2, 0.25) is 5.02 Å². The van der Waals surface area contributed by atoms with Gasteiger partial charge < -0.3 is 9.67 Å². The molecule has 2 aromatic carbocycles. The van der Waals surface area contributed by atoms with Gasteiger partial charge in [-0.05, 0) is 36.2 Å². The van der Waals surface area contributed by atoms with E-state index in [0.717, 1.165) is 10.6 Å². The lowest BCUT2D eigenvalue weighted by atomic mass is 9.99. The van der Waals surface area contributed by atoms with Gasteiger partial charge >= 0.3 is 5.97 Å². The zero-order valence-corrected chi connectivity index (χ0v) is 15.9. The normalized spacial score (nSPS) is 11.6. The first-order valence-electron chi connectivity index (χ1n) is 8.45. The molecule has 0 fully saturated rings. The average Bonchev–Trinajstić information content (AvgIpc) is 2.88. The van der Waals surface area contributed by atoms with E-state index in [2.05, 4.69) is 0 Å². The Bertz CT molecular complexity index is 1040. The van der Waals surface area contributed by atoms with E-state index in [9.17, 15) is 23.1 Å². The fourth-order valence-corrected chi connectivity index (χ4v) is 3.64. The van der Waals surface area contributed by atoms with Crippen LogP contribution in [0.25, 0.3) is 11.1 Å². The van der Waals surface area contributed by atoms with Gasteiger partial charge in [-0.2, -0.15) is 0 Å². The fourth-order valence-electron chi connectivity index (χ4n) is 3.48. The van der Waals surface area contributed by atoms with Crippen LogP contribution in [0.3, 0.4) is 0 Å². The average molecular weight is 408 g/mol. The Morgan fingerprint density at radius 3 is 2.36 bits per heavy atom. The van der Waals surface area contributed by atoms with Crippen LogP contribution in [0.15, 0.2) is 48.5 Å². The molecule has 146 valence electrons. The smallest absolute Gasteiger partial charge is 0.353 e. The Morgan fingerprint density at radius 2 is 1.82 bits per heavy atom. The van der Waals surface area contributed by atoms with Crippen molar-refractivity contribution >= 4 is 17.6 Å². The van der Waals surface area contributed by atoms with Gasteiger partial charge in [0.15, 0.2) is 0 Å². The maximum absolute atomic E-state index is 14.5. The van der Waals surface area contributed by atoms with E-state index in [1.807, 2.05) is 0 Å². The number of aromatic nitrogens is 1. The molecule has 0 saturated carbocycles. The molecule has 1 aromatic heterocycles. The molecule has 3 nitrogen and oxygen atoms in total. The molecule has 1 heterocycles. The molecule has 28 heavy (non-hydrogen) atoms. The Morgan fingerprint density at radius 1 is 1.18 bits per heavy atom. The van der Waals surface area contributed by atoms with Crippen LogP contribution in [0.4, 0.5) is 13.2 Å². The number of hydrogen-bond acceptors (Lipinski definition) is 1. The predicted molar refractivity (Wildman–Crippen MR) is 102 cm³/mol. The topological polar surface area (TPSA) is 42.2 Å². The molecular weight excluding hydrogens is 391 g/mol. The van der Waals surface area contributed by atoms with E-state index in [1.54, 1.807) is 30.3 Å². The van der Waals surface area contributed by atoms with Crippen molar-refractivity contribution < 1.29 is 23.1 Å². The van der Waals surface area contributed by atoms with Gasteiger partial charge in [-0.1, -0.05) is 41.9 Å². The molecule has 0 amide bonds. The van der Waals surface area contributed by atoms with Gasteiger partial charge in [0.1, 0.15) is 11.5 Å². The Labute approximate surface area is 165 Å². The van der Waals surface area contributed by atoms with E-state index in [0.29, 0.717) is 12.5 Å². The largest absolute Gasteiger partial charge is 0.477 e. The van der Waals surface area contributed by atoms with Crippen LogP contribution in [0.1, 0.15) is 34.2 Å². The van der Waals surface area contributed by atoms with Gasteiger partial charge in [0.05, 0.1) is 5.69 Å². The minimum Gasteiger partial charge on any atom is -0.477 e. The van der Waals surface area contributed by atoms with Crippen molar-refractivity contribution in [3.05, 3.63) is 81.9 Å². The van der Waals surface area contributed by atoms with Gasteiger partial charge in [0.25, 0.3) is 5.92 Å². The van der Waals surface area contributed by atoms with Crippen molar-refractivity contribution in [3.8, 4) is 11.1 Å². The summed E-state index contributed by atoms with van der Waals surface area (Å²) in [5.74, 6) is -5.52. The van der Waals surface area contributed by atoms with E-state index in [1.165, 1.54) is 19.1 Å². The zero-order chi connectivity index (χ0) is 20.6. The molecule has 7 heteroatoms. The van der Waals surface area contributed by atoms with Crippen LogP contribution < -0.4 is 0 Å². The number of carbonyl (C=O) groups is 1. The molecule has 1 N–H and O–H groups in total. The Balaban J connectivity index is 2.36. The summed E-state index contributed by atoms with van der Waals surface area (Å²) in [7, 11) is 0. The monoisotopic (exact) mass is 407 g/mol. The summed E-state index contributed by atoms with van der Waals surface area (Å²) in [5.41, 5.74) is -0.349. The summed E-state index contributed by atoms with van der Waals surface area (Å²) in [4.78, 5) is 12.1. The maximum Gasteiger partial charge on any atom is 0.353 e. The minimum absolute atomic E-state index is 0.0158. The second-order valence-corrected chi connectivity index (χ2v) is 7.02. The highest BCUT2D eigenvalue weighted by Crippen LogP contribution is 2.41. The van der Waals surface area contributed by atoms with Gasteiger partial charge in [-0.25, -0.2) is 18.0 Å². The maximum atomic E-state index is 14.5. The number of halogens is 4. The van der Waals surface area contributed by atoms with Gasteiger partial charge in [-0.3, -0.25) is 0 Å². The number of rotatable bonds is 5. The van der Waals surface area contributed by atoms with E-state index < -0.39 is 23.4 Å². The number of benzene rings is 2. The molecule has 0 unspecified atom stereocenters. The number of aromatic carboxylic acids is 1. The second-order valence-electron chi connectivity index (χ2n) is 6.59. The molecule has 0 bridgehead atoms. The van der Waals surface area contributed by atoms with Crippen molar-refractivity contribution in [3.63, 3.8) is 0 Å². The third-order valence-corrected chi connectivity index (χ3v) is 4.74. The van der Waals surface area contributed by atoms with Gasteiger partial charge in [0.2, 0.25) is 0 Å². The van der Waals surface area contributed by atoms with Crippen molar-refractivity contribution in [1.82, 2.24) is 4.57 Å². The lowest BCUT2D eigenvalue weighted by molar-refractivity contribution is 0.00844. The number of hydrogen-bond donors (Lipinski definition) is 1. The first kappa shape index (κ1) is 20.0. The third kappa shape index (κ3) is 3.64. The van der Waals surface area contributed by atoms with Crippen molar-refractivity contribution in [2.24, 2.45) is 0 Å². The molecule has 0 saturated heterocycles. The number of carboxylic acids is 1. The highest BCUT2D eigenvalue weighted by Gasteiger charge is 2.37. The van der Waals surface area contributed by atoms with Gasteiger partial charge in [-0.15, -0.1) is 0 Å². The highest BCUT2D eigenvalue weighted by atomic mass is 35.5. The summed E-state index contributed by atoms with van der Waals surface area (Å²) in [6, 6.07) is 12.4. The van der Waals surface area contributed by atoms with Crippen LogP contribution >= 0.6 is 11.6 Å². The van der Waals surface area contributed by atoms with Crippen molar-refractivity contribution in [2.75, 3.05) is 0 Å². The van der Waals surface area contributed by atoms with Crippen molar-refractivity contribution in [2.45, 2.75) is 26.3 Å². The molecule has 0 atom stereocenters. The predicted octanol–water partition coefficient (Wildman–Crippen LogP) is 6.11. The summed E-state index contributed by atoms with van der Waals surface area (Å²) in [5, 5.41) is 9.95. The molecule has 0 aliphatic carbocycles. The third-order valence-electron chi connectivity index (χ3n) is 4.51. The molecule has 0 radical (unpaired) electrons. The van der Waals surface area contributed by atoms with Crippen LogP contribution in [0.5, 0.6) is 0 Å². The van der Waals surface area contributed by atoms with Crippen LogP contribution in [-0.4, -0.2) is 15.6 Å². The SMILES string of the molecule is Cc1c(-c2ccc(Cl)cc2F)c(C(=O)O)n(Cc2ccccc2)c1C(C)(F)F. The quantitative estimate of drug-likeness (QED) is 0.554. The summed E-state index contributed by atoms with van der Waals surface area (Å²) >= 11 is 5.78. The molecular formula is C21H17ClF3NO2. The van der Waals surface area contributed by atoms with Crippen LogP contribution in [-0.2, 0) is 12.5 Å². The lowest BCUT2D eigenvalue weighted by Gasteiger charge is -2.17. The zero-order valence-electron chi connectivity index (χ0n) is 15.1. The first-order valence-corrected chi connectivity index (χ1v) is 8.83. The molecule has 0 aliphatic rings. The number of alkyl halides is 2. The molecule has 0 aliphatic heterocycles. The van der Waals surface area contributed by atoms with Crippen molar-refractivity contribution in [1.29, 1.82) is 0 Å². The lowest BCUT2D eigenvalue weighted by Crippen LogP contribution is -2.19.